The van der Waals surface area contributed by atoms with Gasteiger partial charge >= 0.3 is 6.03 Å². The van der Waals surface area contributed by atoms with Gasteiger partial charge in [-0.25, -0.2) is 9.79 Å². The Morgan fingerprint density at radius 3 is 3.17 bits per heavy atom. The average molecular weight is 168 g/mol. The van der Waals surface area contributed by atoms with E-state index in [1.807, 2.05) is 6.92 Å². The van der Waals surface area contributed by atoms with E-state index in [-0.39, 0.29) is 6.03 Å². The smallest absolute Gasteiger partial charge is 0.325 e. The van der Waals surface area contributed by atoms with E-state index in [0.29, 0.717) is 19.2 Å². The lowest BCUT2D eigenvalue weighted by Crippen LogP contribution is -2.51. The second-order valence-corrected chi connectivity index (χ2v) is 2.28. The lowest BCUT2D eigenvalue weighted by molar-refractivity contribution is 0.204. The third kappa shape index (κ3) is 1.75. The number of nitrogens with one attached hydrogen (secondary N) is 2. The van der Waals surface area contributed by atoms with Gasteiger partial charge < -0.3 is 10.2 Å². The maximum Gasteiger partial charge on any atom is 0.325 e. The van der Waals surface area contributed by atoms with Crippen LogP contribution in [0.1, 0.15) is 6.92 Å². The molecule has 0 bridgehead atoms. The standard InChI is InChI=1S/C7H12N4O/c1-3-8-6-9-5-11(4-2)7(12)10-6/h3H,1,4-5H2,2H3,(H2,8,9,10,12). The predicted molar refractivity (Wildman–Crippen MR) is 46.5 cm³/mol. The van der Waals surface area contributed by atoms with Crippen molar-refractivity contribution in [1.29, 1.82) is 0 Å². The van der Waals surface area contributed by atoms with E-state index in [1.165, 1.54) is 6.20 Å². The predicted octanol–water partition coefficient (Wildman–Crippen LogP) is 0.0781. The molecule has 0 spiro atoms. The number of carbonyl (C=O) groups excluding carboxylic acids is 1. The molecule has 0 unspecified atom stereocenters. The van der Waals surface area contributed by atoms with Crippen LogP contribution in [0.4, 0.5) is 4.79 Å². The molecule has 0 radical (unpaired) electrons. The minimum Gasteiger partial charge on any atom is -0.333 e. The molecule has 0 saturated heterocycles. The summed E-state index contributed by atoms with van der Waals surface area (Å²) in [5, 5.41) is 5.29. The minimum atomic E-state index is -0.128. The van der Waals surface area contributed by atoms with Crippen molar-refractivity contribution < 1.29 is 4.79 Å². The molecule has 0 aromatic carbocycles. The van der Waals surface area contributed by atoms with Crippen LogP contribution in [0.3, 0.4) is 0 Å². The summed E-state index contributed by atoms with van der Waals surface area (Å²) in [5.74, 6) is 0.458. The third-order valence-corrected chi connectivity index (χ3v) is 1.53. The Morgan fingerprint density at radius 1 is 1.92 bits per heavy atom. The summed E-state index contributed by atoms with van der Waals surface area (Å²) in [7, 11) is 0. The molecule has 5 nitrogen and oxygen atoms in total. The lowest BCUT2D eigenvalue weighted by Gasteiger charge is -2.24. The molecule has 0 saturated carbocycles. The van der Waals surface area contributed by atoms with Gasteiger partial charge in [0.05, 0.1) is 0 Å². The second-order valence-electron chi connectivity index (χ2n) is 2.28. The highest BCUT2D eigenvalue weighted by Gasteiger charge is 2.16. The van der Waals surface area contributed by atoms with Crippen molar-refractivity contribution >= 4 is 12.0 Å². The number of hydrogen-bond donors (Lipinski definition) is 2. The molecule has 2 amide bonds. The first-order chi connectivity index (χ1) is 5.77. The maximum absolute atomic E-state index is 11.2. The Labute approximate surface area is 71.1 Å². The molecule has 1 rings (SSSR count). The van der Waals surface area contributed by atoms with Gasteiger partial charge in [0.1, 0.15) is 6.67 Å². The molecular formula is C7H12N4O. The van der Waals surface area contributed by atoms with Crippen molar-refractivity contribution in [3.8, 4) is 0 Å². The van der Waals surface area contributed by atoms with Crippen molar-refractivity contribution in [3.63, 3.8) is 0 Å². The molecule has 12 heavy (non-hydrogen) atoms. The van der Waals surface area contributed by atoms with Gasteiger partial charge in [-0.1, -0.05) is 6.58 Å². The van der Waals surface area contributed by atoms with Crippen LogP contribution in [-0.2, 0) is 0 Å². The van der Waals surface area contributed by atoms with Crippen LogP contribution in [0.2, 0.25) is 0 Å². The van der Waals surface area contributed by atoms with E-state index in [0.717, 1.165) is 0 Å². The second kappa shape index (κ2) is 3.75. The number of hydrogen-bond acceptors (Lipinski definition) is 3. The highest BCUT2D eigenvalue weighted by molar-refractivity contribution is 5.98. The SMILES string of the molecule is C=CNC1=NCN(CC)C(=O)N1. The molecule has 0 atom stereocenters. The first-order valence-corrected chi connectivity index (χ1v) is 3.75. The zero-order valence-corrected chi connectivity index (χ0v) is 7.00. The van der Waals surface area contributed by atoms with E-state index in [2.05, 4.69) is 22.2 Å². The largest absolute Gasteiger partial charge is 0.333 e. The van der Waals surface area contributed by atoms with Crippen molar-refractivity contribution in [1.82, 2.24) is 15.5 Å². The number of urea groups is 1. The number of rotatable bonds is 2. The Kier molecular flexibility index (Phi) is 2.68. The number of amides is 2. The highest BCUT2D eigenvalue weighted by Crippen LogP contribution is 1.94. The first-order valence-electron chi connectivity index (χ1n) is 3.75. The zero-order valence-electron chi connectivity index (χ0n) is 7.00. The van der Waals surface area contributed by atoms with E-state index in [9.17, 15) is 4.79 Å². The van der Waals surface area contributed by atoms with E-state index < -0.39 is 0 Å². The fourth-order valence-electron chi connectivity index (χ4n) is 0.862. The Balaban J connectivity index is 2.57. The maximum atomic E-state index is 11.2. The van der Waals surface area contributed by atoms with E-state index in [4.69, 9.17) is 0 Å². The summed E-state index contributed by atoms with van der Waals surface area (Å²) in [6.07, 6.45) is 1.47. The van der Waals surface area contributed by atoms with Crippen molar-refractivity contribution in [2.24, 2.45) is 4.99 Å². The number of carbonyl (C=O) groups is 1. The monoisotopic (exact) mass is 168 g/mol. The molecule has 5 heteroatoms. The van der Waals surface area contributed by atoms with Crippen LogP contribution in [0, 0.1) is 0 Å². The highest BCUT2D eigenvalue weighted by atomic mass is 16.2. The summed E-state index contributed by atoms with van der Waals surface area (Å²) in [4.78, 5) is 16.8. The number of guanidine groups is 1. The van der Waals surface area contributed by atoms with Crippen LogP contribution in [0.5, 0.6) is 0 Å². The third-order valence-electron chi connectivity index (χ3n) is 1.53. The van der Waals surface area contributed by atoms with Crippen LogP contribution < -0.4 is 10.6 Å². The Bertz CT molecular complexity index is 223. The molecule has 1 aliphatic heterocycles. The summed E-state index contributed by atoms with van der Waals surface area (Å²) in [6.45, 7) is 6.43. The zero-order chi connectivity index (χ0) is 8.97. The van der Waals surface area contributed by atoms with Crippen molar-refractivity contribution in [3.05, 3.63) is 12.8 Å². The Morgan fingerprint density at radius 2 is 2.67 bits per heavy atom. The summed E-state index contributed by atoms with van der Waals surface area (Å²) >= 11 is 0. The average Bonchev–Trinajstić information content (AvgIpc) is 2.05. The van der Waals surface area contributed by atoms with Gasteiger partial charge in [-0.15, -0.1) is 0 Å². The lowest BCUT2D eigenvalue weighted by atomic mass is 10.6. The normalized spacial score (nSPS) is 16.6. The van der Waals surface area contributed by atoms with E-state index >= 15 is 0 Å². The van der Waals surface area contributed by atoms with Gasteiger partial charge in [0, 0.05) is 6.54 Å². The molecule has 66 valence electrons. The van der Waals surface area contributed by atoms with Gasteiger partial charge in [-0.05, 0) is 13.1 Å². The van der Waals surface area contributed by atoms with Gasteiger partial charge in [0.15, 0.2) is 0 Å². The van der Waals surface area contributed by atoms with Gasteiger partial charge in [-0.3, -0.25) is 5.32 Å². The van der Waals surface area contributed by atoms with Crippen LogP contribution in [0.15, 0.2) is 17.8 Å². The molecule has 0 aromatic heterocycles. The number of nitrogens with zero attached hydrogens (tertiary/aromatic N) is 2. The molecule has 1 aliphatic rings. The quantitative estimate of drug-likeness (QED) is 0.613. The van der Waals surface area contributed by atoms with Gasteiger partial charge in [0.2, 0.25) is 5.96 Å². The molecular weight excluding hydrogens is 156 g/mol. The van der Waals surface area contributed by atoms with Crippen LogP contribution in [-0.4, -0.2) is 30.1 Å². The van der Waals surface area contributed by atoms with Crippen LogP contribution in [0.25, 0.3) is 0 Å². The molecule has 0 aliphatic carbocycles. The fourth-order valence-corrected chi connectivity index (χ4v) is 0.862. The van der Waals surface area contributed by atoms with Crippen LogP contribution >= 0.6 is 0 Å². The topological polar surface area (TPSA) is 56.7 Å². The summed E-state index contributed by atoms with van der Waals surface area (Å²) < 4.78 is 0. The fraction of sp³-hybridized carbons (Fsp3) is 0.429. The molecule has 2 N–H and O–H groups in total. The summed E-state index contributed by atoms with van der Waals surface area (Å²) in [5.41, 5.74) is 0. The summed E-state index contributed by atoms with van der Waals surface area (Å²) in [6, 6.07) is -0.128. The molecule has 0 fully saturated rings. The molecule has 1 heterocycles. The van der Waals surface area contributed by atoms with Crippen molar-refractivity contribution in [2.45, 2.75) is 6.92 Å². The molecule has 0 aromatic rings. The van der Waals surface area contributed by atoms with Crippen molar-refractivity contribution in [2.75, 3.05) is 13.2 Å². The van der Waals surface area contributed by atoms with Gasteiger partial charge in [-0.2, -0.15) is 0 Å². The minimum absolute atomic E-state index is 0.128. The van der Waals surface area contributed by atoms with E-state index in [1.54, 1.807) is 4.90 Å². The first kappa shape index (κ1) is 8.58. The number of aliphatic imine (C=N–C) groups is 1. The Hall–Kier alpha value is -1.52. The van der Waals surface area contributed by atoms with Gasteiger partial charge in [0.25, 0.3) is 0 Å².